The number of halogens is 2. The van der Waals surface area contributed by atoms with Crippen molar-refractivity contribution in [2.24, 2.45) is 0 Å². The summed E-state index contributed by atoms with van der Waals surface area (Å²) in [6.07, 6.45) is 2.57. The highest BCUT2D eigenvalue weighted by Gasteiger charge is 2.37. The second-order valence-corrected chi connectivity index (χ2v) is 8.17. The summed E-state index contributed by atoms with van der Waals surface area (Å²) in [6, 6.07) is 4.10. The van der Waals surface area contributed by atoms with E-state index in [4.69, 9.17) is 4.74 Å². The van der Waals surface area contributed by atoms with Crippen molar-refractivity contribution in [3.8, 4) is 5.75 Å². The number of aromatic nitrogens is 1. The van der Waals surface area contributed by atoms with E-state index in [0.717, 1.165) is 31.6 Å². The van der Waals surface area contributed by atoms with Gasteiger partial charge < -0.3 is 19.1 Å². The molecule has 2 atom stereocenters. The summed E-state index contributed by atoms with van der Waals surface area (Å²) < 4.78 is 35.7. The molecular formula is C22H25F2N3O3. The van der Waals surface area contributed by atoms with Crippen molar-refractivity contribution in [1.29, 1.82) is 0 Å². The molecule has 1 aromatic carbocycles. The molecule has 2 aromatic rings. The molecule has 4 rings (SSSR count). The lowest BCUT2D eigenvalue weighted by atomic mass is 9.97. The van der Waals surface area contributed by atoms with Crippen LogP contribution in [0.25, 0.3) is 0 Å². The van der Waals surface area contributed by atoms with Gasteiger partial charge in [0.15, 0.2) is 0 Å². The fraction of sp³-hybridized carbons (Fsp3) is 0.455. The van der Waals surface area contributed by atoms with Gasteiger partial charge in [0.1, 0.15) is 23.1 Å². The normalized spacial score (nSPS) is 22.2. The fourth-order valence-electron chi connectivity index (χ4n) is 4.57. The molecule has 1 aromatic heterocycles. The van der Waals surface area contributed by atoms with Crippen LogP contribution < -0.4 is 15.2 Å². The van der Waals surface area contributed by atoms with E-state index in [2.05, 4.69) is 4.90 Å². The number of rotatable bonds is 4. The van der Waals surface area contributed by atoms with Gasteiger partial charge in [-0.15, -0.1) is 0 Å². The van der Waals surface area contributed by atoms with Crippen molar-refractivity contribution in [1.82, 2.24) is 9.47 Å². The molecule has 0 N–H and O–H groups in total. The molecule has 0 spiro atoms. The number of carbonyl (C=O) groups is 1. The Morgan fingerprint density at radius 2 is 1.83 bits per heavy atom. The van der Waals surface area contributed by atoms with E-state index < -0.39 is 17.6 Å². The smallest absolute Gasteiger partial charge is 0.275 e. The van der Waals surface area contributed by atoms with Crippen LogP contribution in [0.3, 0.4) is 0 Å². The van der Waals surface area contributed by atoms with E-state index in [-0.39, 0.29) is 41.8 Å². The zero-order valence-electron chi connectivity index (χ0n) is 17.3. The average Bonchev–Trinajstić information content (AvgIpc) is 3.27. The molecule has 2 fully saturated rings. The molecule has 30 heavy (non-hydrogen) atoms. The number of aryl methyl sites for hydroxylation is 1. The number of amides is 1. The Morgan fingerprint density at radius 1 is 1.13 bits per heavy atom. The van der Waals surface area contributed by atoms with Gasteiger partial charge in [-0.2, -0.15) is 0 Å². The second kappa shape index (κ2) is 7.83. The molecular weight excluding hydrogens is 392 g/mol. The van der Waals surface area contributed by atoms with Crippen LogP contribution in [-0.2, 0) is 4.79 Å². The van der Waals surface area contributed by atoms with E-state index in [1.807, 2.05) is 13.1 Å². The Balaban J connectivity index is 1.68. The highest BCUT2D eigenvalue weighted by molar-refractivity contribution is 5.97. The maximum atomic E-state index is 14.5. The maximum absolute atomic E-state index is 14.5. The SMILES string of the molecule is COc1cc(F)c([C@H]2CC(=O)N(c3c(C)ccn(C4CCN(C)C4)c3=O)C2)c(F)c1. The maximum Gasteiger partial charge on any atom is 0.275 e. The average molecular weight is 417 g/mol. The Kier molecular flexibility index (Phi) is 5.36. The minimum atomic E-state index is -0.748. The molecule has 0 bridgehead atoms. The van der Waals surface area contributed by atoms with Gasteiger partial charge in [0, 0.05) is 49.3 Å². The quantitative estimate of drug-likeness (QED) is 0.768. The lowest BCUT2D eigenvalue weighted by Gasteiger charge is -2.22. The van der Waals surface area contributed by atoms with E-state index in [0.29, 0.717) is 11.3 Å². The molecule has 8 heteroatoms. The van der Waals surface area contributed by atoms with Crippen LogP contribution in [-0.4, -0.2) is 49.2 Å². The van der Waals surface area contributed by atoms with Crippen molar-refractivity contribution in [2.75, 3.05) is 38.7 Å². The van der Waals surface area contributed by atoms with E-state index in [1.54, 1.807) is 17.7 Å². The minimum absolute atomic E-state index is 0.0480. The molecule has 0 aliphatic carbocycles. The first-order valence-electron chi connectivity index (χ1n) is 10.0. The van der Waals surface area contributed by atoms with Gasteiger partial charge in [-0.25, -0.2) is 8.78 Å². The Hall–Kier alpha value is -2.74. The van der Waals surface area contributed by atoms with Gasteiger partial charge >= 0.3 is 0 Å². The van der Waals surface area contributed by atoms with Gasteiger partial charge in [-0.3, -0.25) is 9.59 Å². The van der Waals surface area contributed by atoms with Gasteiger partial charge in [0.25, 0.3) is 5.56 Å². The van der Waals surface area contributed by atoms with Crippen molar-refractivity contribution >= 4 is 11.6 Å². The highest BCUT2D eigenvalue weighted by Crippen LogP contribution is 2.36. The number of pyridine rings is 1. The van der Waals surface area contributed by atoms with Crippen LogP contribution in [0.2, 0.25) is 0 Å². The van der Waals surface area contributed by atoms with Crippen molar-refractivity contribution in [3.63, 3.8) is 0 Å². The lowest BCUT2D eigenvalue weighted by molar-refractivity contribution is -0.117. The van der Waals surface area contributed by atoms with Crippen LogP contribution in [0, 0.1) is 18.6 Å². The number of nitrogens with zero attached hydrogens (tertiary/aromatic N) is 3. The van der Waals surface area contributed by atoms with Gasteiger partial charge in [-0.1, -0.05) is 0 Å². The Labute approximate surface area is 173 Å². The number of hydrogen-bond donors (Lipinski definition) is 0. The second-order valence-electron chi connectivity index (χ2n) is 8.17. The molecule has 2 aliphatic heterocycles. The third-order valence-electron chi connectivity index (χ3n) is 6.15. The van der Waals surface area contributed by atoms with E-state index in [9.17, 15) is 18.4 Å². The van der Waals surface area contributed by atoms with Gasteiger partial charge in [-0.05, 0) is 38.6 Å². The molecule has 3 heterocycles. The third-order valence-corrected chi connectivity index (χ3v) is 6.15. The van der Waals surface area contributed by atoms with Crippen molar-refractivity contribution in [2.45, 2.75) is 31.7 Å². The first-order valence-corrected chi connectivity index (χ1v) is 10.0. The third kappa shape index (κ3) is 3.49. The zero-order valence-corrected chi connectivity index (χ0v) is 17.3. The number of methoxy groups -OCH3 is 1. The number of anilines is 1. The topological polar surface area (TPSA) is 54.8 Å². The van der Waals surface area contributed by atoms with Crippen LogP contribution in [0.5, 0.6) is 5.75 Å². The van der Waals surface area contributed by atoms with Crippen LogP contribution >= 0.6 is 0 Å². The number of likely N-dealkylation sites (tertiary alicyclic amines) is 1. The summed E-state index contributed by atoms with van der Waals surface area (Å²) in [5, 5.41) is 0. The number of ether oxygens (including phenoxy) is 1. The molecule has 6 nitrogen and oxygen atoms in total. The van der Waals surface area contributed by atoms with Gasteiger partial charge in [0.2, 0.25) is 5.91 Å². The van der Waals surface area contributed by atoms with Crippen LogP contribution in [0.4, 0.5) is 14.5 Å². The van der Waals surface area contributed by atoms with Crippen LogP contribution in [0.15, 0.2) is 29.2 Å². The molecule has 160 valence electrons. The summed E-state index contributed by atoms with van der Waals surface area (Å²) in [5.41, 5.74) is 0.596. The molecule has 2 aliphatic rings. The van der Waals surface area contributed by atoms with E-state index in [1.165, 1.54) is 12.0 Å². The predicted octanol–water partition coefficient (Wildman–Crippen LogP) is 2.84. The van der Waals surface area contributed by atoms with Crippen molar-refractivity contribution < 1.29 is 18.3 Å². The highest BCUT2D eigenvalue weighted by atomic mass is 19.1. The summed E-state index contributed by atoms with van der Waals surface area (Å²) in [5.74, 6) is -2.40. The summed E-state index contributed by atoms with van der Waals surface area (Å²) >= 11 is 0. The molecule has 1 amide bonds. The number of likely N-dealkylation sites (N-methyl/N-ethyl adjacent to an activating group) is 1. The number of benzene rings is 1. The van der Waals surface area contributed by atoms with Crippen LogP contribution in [0.1, 0.15) is 35.9 Å². The Morgan fingerprint density at radius 3 is 2.43 bits per heavy atom. The fourth-order valence-corrected chi connectivity index (χ4v) is 4.57. The monoisotopic (exact) mass is 417 g/mol. The summed E-state index contributed by atoms with van der Waals surface area (Å²) in [6.45, 7) is 3.50. The lowest BCUT2D eigenvalue weighted by Crippen LogP contribution is -2.36. The Bertz CT molecular complexity index is 1030. The molecule has 0 saturated carbocycles. The first-order chi connectivity index (χ1) is 14.3. The summed E-state index contributed by atoms with van der Waals surface area (Å²) in [4.78, 5) is 29.6. The number of hydrogen-bond acceptors (Lipinski definition) is 4. The zero-order chi connectivity index (χ0) is 21.6. The first kappa shape index (κ1) is 20.5. The largest absolute Gasteiger partial charge is 0.497 e. The van der Waals surface area contributed by atoms with E-state index >= 15 is 0 Å². The predicted molar refractivity (Wildman–Crippen MR) is 109 cm³/mol. The minimum Gasteiger partial charge on any atom is -0.497 e. The van der Waals surface area contributed by atoms with Crippen molar-refractivity contribution in [3.05, 3.63) is 57.5 Å². The molecule has 1 unspecified atom stereocenters. The number of carbonyl (C=O) groups excluding carboxylic acids is 1. The molecule has 0 radical (unpaired) electrons. The standard InChI is InChI=1S/C22H25F2N3O3/c1-13-4-7-26(15-5-6-25(2)12-15)22(29)21(13)27-11-14(8-19(27)28)20-17(23)9-16(30-3)10-18(20)24/h4,7,9-10,14-15H,5-6,8,11-12H2,1-3H3/t14-,15?/m0/s1. The van der Waals surface area contributed by atoms with Gasteiger partial charge in [0.05, 0.1) is 13.2 Å². The molecule has 2 saturated heterocycles. The summed E-state index contributed by atoms with van der Waals surface area (Å²) in [7, 11) is 3.34.